The Balaban J connectivity index is 2.56. The maximum absolute atomic E-state index is 11.8. The van der Waals surface area contributed by atoms with E-state index < -0.39 is 12.1 Å². The number of carbonyl (C=O) groups excluding carboxylic acids is 2. The average Bonchev–Trinajstić information content (AvgIpc) is 2.39. The van der Waals surface area contributed by atoms with Crippen LogP contribution in [0.15, 0.2) is 18.2 Å². The number of methoxy groups -OCH3 is 1. The molecule has 1 heterocycles. The molecule has 1 aromatic rings. The molecule has 1 aliphatic heterocycles. The fraction of sp³-hybridized carbons (Fsp3) is 0.308. The van der Waals surface area contributed by atoms with Crippen LogP contribution in [0.2, 0.25) is 0 Å². The second-order valence-corrected chi connectivity index (χ2v) is 3.61. The SMILES string of the molecule is CCOC1C(=O)Oc2c(OC)cccc2C1=C=O. The van der Waals surface area contributed by atoms with E-state index in [1.54, 1.807) is 31.1 Å². The molecule has 1 unspecified atom stereocenters. The van der Waals surface area contributed by atoms with Crippen LogP contribution >= 0.6 is 0 Å². The zero-order valence-corrected chi connectivity index (χ0v) is 10.1. The molecule has 2 rings (SSSR count). The van der Waals surface area contributed by atoms with Crippen LogP contribution in [0, 0.1) is 0 Å². The third-order valence-corrected chi connectivity index (χ3v) is 2.61. The minimum atomic E-state index is -1.02. The van der Waals surface area contributed by atoms with E-state index in [1.807, 2.05) is 0 Å². The zero-order chi connectivity index (χ0) is 13.1. The number of para-hydroxylation sites is 1. The van der Waals surface area contributed by atoms with Crippen molar-refractivity contribution >= 4 is 17.5 Å². The van der Waals surface area contributed by atoms with Crippen molar-refractivity contribution < 1.29 is 23.8 Å². The first-order valence-corrected chi connectivity index (χ1v) is 5.48. The number of esters is 1. The van der Waals surface area contributed by atoms with Crippen LogP contribution < -0.4 is 9.47 Å². The summed E-state index contributed by atoms with van der Waals surface area (Å²) >= 11 is 0. The lowest BCUT2D eigenvalue weighted by atomic mass is 9.98. The standard InChI is InChI=1S/C13H12O5/c1-3-17-12-9(7-14)8-5-4-6-10(16-2)11(8)18-13(12)15/h4-6,12H,3H2,1-2H3. The van der Waals surface area contributed by atoms with Crippen LogP contribution in [0.3, 0.4) is 0 Å². The summed E-state index contributed by atoms with van der Waals surface area (Å²) in [6, 6.07) is 5.02. The predicted octanol–water partition coefficient (Wildman–Crippen LogP) is 1.23. The molecule has 0 radical (unpaired) electrons. The van der Waals surface area contributed by atoms with Crippen molar-refractivity contribution in [2.45, 2.75) is 13.0 Å². The van der Waals surface area contributed by atoms with Crippen LogP contribution in [0.5, 0.6) is 11.5 Å². The minimum Gasteiger partial charge on any atom is -0.493 e. The molecule has 0 aromatic heterocycles. The highest BCUT2D eigenvalue weighted by Gasteiger charge is 2.36. The summed E-state index contributed by atoms with van der Waals surface area (Å²) < 4.78 is 15.5. The zero-order valence-electron chi connectivity index (χ0n) is 10.1. The fourth-order valence-electron chi connectivity index (χ4n) is 1.83. The molecule has 0 saturated heterocycles. The van der Waals surface area contributed by atoms with Gasteiger partial charge in [0.05, 0.1) is 12.7 Å². The molecule has 94 valence electrons. The van der Waals surface area contributed by atoms with Gasteiger partial charge in [0.15, 0.2) is 17.6 Å². The van der Waals surface area contributed by atoms with Crippen molar-refractivity contribution in [3.8, 4) is 11.5 Å². The lowest BCUT2D eigenvalue weighted by Gasteiger charge is -2.24. The van der Waals surface area contributed by atoms with Crippen LogP contribution in [0.1, 0.15) is 12.5 Å². The van der Waals surface area contributed by atoms with Gasteiger partial charge in [-0.25, -0.2) is 9.59 Å². The number of rotatable bonds is 3. The summed E-state index contributed by atoms with van der Waals surface area (Å²) in [6.07, 6.45) is -1.02. The lowest BCUT2D eigenvalue weighted by molar-refractivity contribution is -0.144. The molecular formula is C13H12O5. The van der Waals surface area contributed by atoms with Crippen LogP contribution in [0.25, 0.3) is 5.57 Å². The number of benzene rings is 1. The fourth-order valence-corrected chi connectivity index (χ4v) is 1.83. The van der Waals surface area contributed by atoms with Crippen molar-refractivity contribution in [2.75, 3.05) is 13.7 Å². The van der Waals surface area contributed by atoms with Crippen LogP contribution in [-0.4, -0.2) is 31.7 Å². The lowest BCUT2D eigenvalue weighted by Crippen LogP contribution is -2.34. The van der Waals surface area contributed by atoms with Crippen molar-refractivity contribution in [1.82, 2.24) is 0 Å². The van der Waals surface area contributed by atoms with Gasteiger partial charge in [0, 0.05) is 12.2 Å². The van der Waals surface area contributed by atoms with E-state index in [2.05, 4.69) is 0 Å². The summed E-state index contributed by atoms with van der Waals surface area (Å²) in [5.41, 5.74) is 0.615. The van der Waals surface area contributed by atoms with Gasteiger partial charge >= 0.3 is 5.97 Å². The highest BCUT2D eigenvalue weighted by atomic mass is 16.6. The predicted molar refractivity (Wildman–Crippen MR) is 63.1 cm³/mol. The van der Waals surface area contributed by atoms with E-state index in [9.17, 15) is 9.59 Å². The number of hydrogen-bond acceptors (Lipinski definition) is 5. The maximum atomic E-state index is 11.8. The molecule has 1 aliphatic rings. The van der Waals surface area contributed by atoms with E-state index >= 15 is 0 Å². The molecule has 0 aliphatic carbocycles. The molecule has 0 saturated carbocycles. The van der Waals surface area contributed by atoms with E-state index in [0.717, 1.165) is 0 Å². The Kier molecular flexibility index (Phi) is 3.46. The molecule has 0 bridgehead atoms. The highest BCUT2D eigenvalue weighted by Crippen LogP contribution is 2.40. The summed E-state index contributed by atoms with van der Waals surface area (Å²) in [5, 5.41) is 0. The summed E-state index contributed by atoms with van der Waals surface area (Å²) in [7, 11) is 1.46. The van der Waals surface area contributed by atoms with Gasteiger partial charge in [0.1, 0.15) is 5.94 Å². The molecule has 1 aromatic carbocycles. The van der Waals surface area contributed by atoms with E-state index in [4.69, 9.17) is 14.2 Å². The molecule has 5 heteroatoms. The second-order valence-electron chi connectivity index (χ2n) is 3.61. The highest BCUT2D eigenvalue weighted by molar-refractivity contribution is 6.06. The van der Waals surface area contributed by atoms with Gasteiger partial charge in [0.25, 0.3) is 0 Å². The van der Waals surface area contributed by atoms with Crippen molar-refractivity contribution in [1.29, 1.82) is 0 Å². The number of carbonyl (C=O) groups is 1. The van der Waals surface area contributed by atoms with E-state index in [1.165, 1.54) is 7.11 Å². The molecule has 0 amide bonds. The number of ether oxygens (including phenoxy) is 3. The number of hydrogen-bond donors (Lipinski definition) is 0. The average molecular weight is 248 g/mol. The van der Waals surface area contributed by atoms with Crippen LogP contribution in [0.4, 0.5) is 0 Å². The molecular weight excluding hydrogens is 236 g/mol. The molecule has 0 spiro atoms. The van der Waals surface area contributed by atoms with Gasteiger partial charge in [-0.1, -0.05) is 6.07 Å². The van der Waals surface area contributed by atoms with Gasteiger partial charge < -0.3 is 14.2 Å². The second kappa shape index (κ2) is 5.04. The van der Waals surface area contributed by atoms with Crippen molar-refractivity contribution in [3.05, 3.63) is 23.8 Å². The van der Waals surface area contributed by atoms with Gasteiger partial charge in [-0.3, -0.25) is 0 Å². The largest absolute Gasteiger partial charge is 0.493 e. The third kappa shape index (κ3) is 1.90. The topological polar surface area (TPSA) is 61.8 Å². The first-order chi connectivity index (χ1) is 8.72. The smallest absolute Gasteiger partial charge is 0.346 e. The maximum Gasteiger partial charge on any atom is 0.346 e. The van der Waals surface area contributed by atoms with Crippen LogP contribution in [-0.2, 0) is 14.3 Å². The molecule has 0 fully saturated rings. The Labute approximate surface area is 104 Å². The van der Waals surface area contributed by atoms with Gasteiger partial charge in [-0.15, -0.1) is 0 Å². The molecule has 1 atom stereocenters. The monoisotopic (exact) mass is 248 g/mol. The molecule has 0 N–H and O–H groups in total. The Morgan fingerprint density at radius 2 is 2.22 bits per heavy atom. The first-order valence-electron chi connectivity index (χ1n) is 5.48. The quantitative estimate of drug-likeness (QED) is 0.457. The number of fused-ring (bicyclic) bond motifs is 1. The van der Waals surface area contributed by atoms with Gasteiger partial charge in [-0.2, -0.15) is 0 Å². The Bertz CT molecular complexity index is 528. The summed E-state index contributed by atoms with van der Waals surface area (Å²) in [5.74, 6) is 1.76. The van der Waals surface area contributed by atoms with E-state index in [0.29, 0.717) is 17.9 Å². The normalized spacial score (nSPS) is 17.8. The van der Waals surface area contributed by atoms with Crippen molar-refractivity contribution in [2.24, 2.45) is 0 Å². The summed E-state index contributed by atoms with van der Waals surface area (Å²) in [4.78, 5) is 22.8. The van der Waals surface area contributed by atoms with Gasteiger partial charge in [0.2, 0.25) is 0 Å². The molecule has 18 heavy (non-hydrogen) atoms. The Hall–Kier alpha value is -2.10. The van der Waals surface area contributed by atoms with Crippen molar-refractivity contribution in [3.63, 3.8) is 0 Å². The van der Waals surface area contributed by atoms with E-state index in [-0.39, 0.29) is 11.3 Å². The minimum absolute atomic E-state index is 0.141. The van der Waals surface area contributed by atoms with Gasteiger partial charge in [-0.05, 0) is 19.1 Å². The Morgan fingerprint density at radius 1 is 1.44 bits per heavy atom. The Morgan fingerprint density at radius 3 is 2.83 bits per heavy atom. The third-order valence-electron chi connectivity index (χ3n) is 2.61. The summed E-state index contributed by atoms with van der Waals surface area (Å²) in [6.45, 7) is 2.03. The molecule has 5 nitrogen and oxygen atoms in total. The first kappa shape index (κ1) is 12.4.